The van der Waals surface area contributed by atoms with E-state index in [9.17, 15) is 4.79 Å². The van der Waals surface area contributed by atoms with E-state index >= 15 is 0 Å². The molecule has 0 aliphatic rings. The van der Waals surface area contributed by atoms with E-state index in [1.165, 1.54) is 0 Å². The van der Waals surface area contributed by atoms with Gasteiger partial charge < -0.3 is 10.1 Å². The Bertz CT molecular complexity index is 1130. The van der Waals surface area contributed by atoms with Crippen molar-refractivity contribution in [2.24, 2.45) is 0 Å². The molecule has 0 saturated carbocycles. The predicted octanol–water partition coefficient (Wildman–Crippen LogP) is 3.09. The molecule has 8 nitrogen and oxygen atoms in total. The maximum Gasteiger partial charge on any atom is 0.247 e. The number of pyridine rings is 1. The van der Waals surface area contributed by atoms with Crippen molar-refractivity contribution in [2.75, 3.05) is 12.4 Å². The van der Waals surface area contributed by atoms with Crippen LogP contribution in [0.25, 0.3) is 17.1 Å². The molecule has 0 bridgehead atoms. The molecule has 1 amide bonds. The summed E-state index contributed by atoms with van der Waals surface area (Å²) in [5, 5.41) is 11.8. The van der Waals surface area contributed by atoms with Gasteiger partial charge in [0, 0.05) is 24.0 Å². The highest BCUT2D eigenvalue weighted by Crippen LogP contribution is 2.22. The van der Waals surface area contributed by atoms with Crippen molar-refractivity contribution in [3.63, 3.8) is 0 Å². The minimum atomic E-state index is -0.206. The van der Waals surface area contributed by atoms with Gasteiger partial charge in [-0.2, -0.15) is 14.9 Å². The van der Waals surface area contributed by atoms with E-state index in [1.54, 1.807) is 34.9 Å². The van der Waals surface area contributed by atoms with Gasteiger partial charge in [0.05, 0.1) is 18.5 Å². The summed E-state index contributed by atoms with van der Waals surface area (Å²) in [5.74, 6) is 1.75. The molecule has 3 aromatic heterocycles. The molecule has 3 heterocycles. The van der Waals surface area contributed by atoms with Gasteiger partial charge in [-0.1, -0.05) is 18.2 Å². The smallest absolute Gasteiger partial charge is 0.247 e. The molecule has 0 saturated heterocycles. The lowest BCUT2D eigenvalue weighted by Crippen LogP contribution is -2.21. The van der Waals surface area contributed by atoms with E-state index in [0.717, 1.165) is 22.7 Å². The van der Waals surface area contributed by atoms with Gasteiger partial charge >= 0.3 is 0 Å². The molecule has 0 aliphatic heterocycles. The second-order valence-electron chi connectivity index (χ2n) is 6.45. The Kier molecular flexibility index (Phi) is 5.07. The third-order valence-corrected chi connectivity index (χ3v) is 4.28. The molecule has 0 fully saturated rings. The number of hydrogen-bond acceptors (Lipinski definition) is 5. The van der Waals surface area contributed by atoms with Crippen LogP contribution in [0.4, 0.5) is 5.82 Å². The van der Waals surface area contributed by atoms with Crippen LogP contribution >= 0.6 is 0 Å². The van der Waals surface area contributed by atoms with E-state index in [2.05, 4.69) is 20.5 Å². The molecule has 0 spiro atoms. The minimum absolute atomic E-state index is 0.0798. The standard InChI is InChI=1S/C21H20N6O2/c1-15-12-20(27(24-15)19-8-3-4-10-22-19)23-21(28)14-26-11-9-18(25-26)16-6-5-7-17(13-16)29-2/h3-13H,14H2,1-2H3,(H,23,28). The molecule has 29 heavy (non-hydrogen) atoms. The summed E-state index contributed by atoms with van der Waals surface area (Å²) in [6, 6.07) is 16.8. The van der Waals surface area contributed by atoms with Crippen molar-refractivity contribution < 1.29 is 9.53 Å². The molecule has 0 aliphatic carbocycles. The van der Waals surface area contributed by atoms with Gasteiger partial charge in [0.25, 0.3) is 0 Å². The summed E-state index contributed by atoms with van der Waals surface area (Å²) < 4.78 is 8.46. The number of nitrogens with zero attached hydrogens (tertiary/aromatic N) is 5. The van der Waals surface area contributed by atoms with Crippen molar-refractivity contribution in [3.05, 3.63) is 72.7 Å². The van der Waals surface area contributed by atoms with Crippen LogP contribution < -0.4 is 10.1 Å². The Morgan fingerprint density at radius 2 is 2.00 bits per heavy atom. The number of anilines is 1. The molecular weight excluding hydrogens is 368 g/mol. The molecule has 0 unspecified atom stereocenters. The van der Waals surface area contributed by atoms with E-state index in [0.29, 0.717) is 11.6 Å². The normalized spacial score (nSPS) is 10.7. The zero-order valence-corrected chi connectivity index (χ0v) is 16.1. The molecule has 8 heteroatoms. The minimum Gasteiger partial charge on any atom is -0.497 e. The fourth-order valence-electron chi connectivity index (χ4n) is 2.96. The second-order valence-corrected chi connectivity index (χ2v) is 6.45. The Hall–Kier alpha value is -3.94. The maximum absolute atomic E-state index is 12.6. The van der Waals surface area contributed by atoms with Gasteiger partial charge in [0.15, 0.2) is 5.82 Å². The van der Waals surface area contributed by atoms with E-state index in [1.807, 2.05) is 55.5 Å². The van der Waals surface area contributed by atoms with Crippen LogP contribution in [0.1, 0.15) is 5.69 Å². The number of aromatic nitrogens is 5. The number of amides is 1. The Labute approximate surface area is 167 Å². The molecule has 4 rings (SSSR count). The Morgan fingerprint density at radius 3 is 2.79 bits per heavy atom. The third kappa shape index (κ3) is 4.16. The van der Waals surface area contributed by atoms with Gasteiger partial charge in [0.2, 0.25) is 5.91 Å². The number of ether oxygens (including phenoxy) is 1. The number of carbonyl (C=O) groups is 1. The van der Waals surface area contributed by atoms with Crippen molar-refractivity contribution in [2.45, 2.75) is 13.5 Å². The van der Waals surface area contributed by atoms with Crippen LogP contribution in [0.2, 0.25) is 0 Å². The molecule has 146 valence electrons. The fourth-order valence-corrected chi connectivity index (χ4v) is 2.96. The lowest BCUT2D eigenvalue weighted by molar-refractivity contribution is -0.116. The lowest BCUT2D eigenvalue weighted by Gasteiger charge is -2.08. The summed E-state index contributed by atoms with van der Waals surface area (Å²) in [6.07, 6.45) is 3.46. The SMILES string of the molecule is COc1cccc(-c2ccn(CC(=O)Nc3cc(C)nn3-c3ccccn3)n2)c1. The number of rotatable bonds is 6. The first-order valence-corrected chi connectivity index (χ1v) is 9.08. The van der Waals surface area contributed by atoms with Gasteiger partial charge in [-0.25, -0.2) is 4.98 Å². The largest absolute Gasteiger partial charge is 0.497 e. The predicted molar refractivity (Wildman–Crippen MR) is 109 cm³/mol. The van der Waals surface area contributed by atoms with Crippen molar-refractivity contribution >= 4 is 11.7 Å². The first-order valence-electron chi connectivity index (χ1n) is 9.08. The summed E-state index contributed by atoms with van der Waals surface area (Å²) in [6.45, 7) is 1.94. The Morgan fingerprint density at radius 1 is 1.10 bits per heavy atom. The Balaban J connectivity index is 1.48. The zero-order valence-electron chi connectivity index (χ0n) is 16.1. The van der Waals surface area contributed by atoms with Gasteiger partial charge in [-0.3, -0.25) is 9.48 Å². The average Bonchev–Trinajstić information content (AvgIpc) is 3.35. The lowest BCUT2D eigenvalue weighted by atomic mass is 10.1. The van der Waals surface area contributed by atoms with Gasteiger partial charge in [-0.15, -0.1) is 0 Å². The summed E-state index contributed by atoms with van der Waals surface area (Å²) in [7, 11) is 1.62. The number of methoxy groups -OCH3 is 1. The van der Waals surface area contributed by atoms with E-state index < -0.39 is 0 Å². The van der Waals surface area contributed by atoms with Crippen LogP contribution in [-0.4, -0.2) is 37.6 Å². The fraction of sp³-hybridized carbons (Fsp3) is 0.143. The van der Waals surface area contributed by atoms with E-state index in [-0.39, 0.29) is 12.5 Å². The molecular formula is C21H20N6O2. The van der Waals surface area contributed by atoms with Gasteiger partial charge in [0.1, 0.15) is 18.1 Å². The number of benzene rings is 1. The summed E-state index contributed by atoms with van der Waals surface area (Å²) in [5.41, 5.74) is 2.48. The molecule has 1 N–H and O–H groups in total. The average molecular weight is 388 g/mol. The number of nitrogens with one attached hydrogen (secondary N) is 1. The zero-order chi connectivity index (χ0) is 20.2. The summed E-state index contributed by atoms with van der Waals surface area (Å²) in [4.78, 5) is 16.9. The maximum atomic E-state index is 12.6. The first kappa shape index (κ1) is 18.4. The van der Waals surface area contributed by atoms with Crippen molar-refractivity contribution in [1.82, 2.24) is 24.5 Å². The van der Waals surface area contributed by atoms with Crippen LogP contribution in [0.5, 0.6) is 5.75 Å². The highest BCUT2D eigenvalue weighted by Gasteiger charge is 2.13. The third-order valence-electron chi connectivity index (χ3n) is 4.28. The van der Waals surface area contributed by atoms with Crippen molar-refractivity contribution in [3.8, 4) is 22.8 Å². The van der Waals surface area contributed by atoms with Gasteiger partial charge in [-0.05, 0) is 37.3 Å². The monoisotopic (exact) mass is 388 g/mol. The second kappa shape index (κ2) is 7.97. The van der Waals surface area contributed by atoms with Crippen LogP contribution in [-0.2, 0) is 11.3 Å². The van der Waals surface area contributed by atoms with E-state index in [4.69, 9.17) is 4.74 Å². The number of aryl methyl sites for hydroxylation is 1. The van der Waals surface area contributed by atoms with Crippen LogP contribution in [0.3, 0.4) is 0 Å². The molecule has 0 atom stereocenters. The first-order chi connectivity index (χ1) is 14.1. The number of carbonyl (C=O) groups excluding carboxylic acids is 1. The highest BCUT2D eigenvalue weighted by molar-refractivity contribution is 5.90. The van der Waals surface area contributed by atoms with Crippen LogP contribution in [0.15, 0.2) is 67.0 Å². The topological polar surface area (TPSA) is 86.9 Å². The van der Waals surface area contributed by atoms with Crippen molar-refractivity contribution in [1.29, 1.82) is 0 Å². The quantitative estimate of drug-likeness (QED) is 0.548. The number of hydrogen-bond donors (Lipinski definition) is 1. The molecule has 4 aromatic rings. The summed E-state index contributed by atoms with van der Waals surface area (Å²) >= 11 is 0. The molecule has 0 radical (unpaired) electrons. The van der Waals surface area contributed by atoms with Crippen LogP contribution in [0, 0.1) is 6.92 Å². The molecule has 1 aromatic carbocycles. The highest BCUT2D eigenvalue weighted by atomic mass is 16.5.